The van der Waals surface area contributed by atoms with E-state index in [1.165, 1.54) is 0 Å². The van der Waals surface area contributed by atoms with Gasteiger partial charge in [-0.15, -0.1) is 0 Å². The van der Waals surface area contributed by atoms with Crippen LogP contribution in [0, 0.1) is 5.41 Å². The molecule has 0 saturated carbocycles. The molecule has 3 rings (SSSR count). The maximum Gasteiger partial charge on any atom is 0.316 e. The molecule has 2 aromatic carbocycles. The highest BCUT2D eigenvalue weighted by Gasteiger charge is 2.30. The molecule has 2 aromatic rings. The van der Waals surface area contributed by atoms with E-state index in [0.717, 1.165) is 0 Å². The zero-order chi connectivity index (χ0) is 21.2. The van der Waals surface area contributed by atoms with E-state index in [-0.39, 0.29) is 17.3 Å². The average molecular weight is 396 g/mol. The zero-order valence-electron chi connectivity index (χ0n) is 17.2. The van der Waals surface area contributed by atoms with Crippen molar-refractivity contribution in [3.8, 4) is 23.0 Å². The number of fused-ring (bicyclic) bond motifs is 1. The van der Waals surface area contributed by atoms with Crippen molar-refractivity contribution >= 4 is 17.8 Å². The number of ketones is 1. The summed E-state index contributed by atoms with van der Waals surface area (Å²) in [5.74, 6) is 1.17. The number of allylic oxidation sites excluding steroid dienone is 1. The third kappa shape index (κ3) is 4.26. The summed E-state index contributed by atoms with van der Waals surface area (Å²) >= 11 is 0. The Balaban J connectivity index is 2.01. The largest absolute Gasteiger partial charge is 0.497 e. The third-order valence-corrected chi connectivity index (χ3v) is 4.28. The average Bonchev–Trinajstić information content (AvgIpc) is 2.98. The van der Waals surface area contributed by atoms with Gasteiger partial charge >= 0.3 is 5.97 Å². The molecule has 0 aliphatic carbocycles. The lowest BCUT2D eigenvalue weighted by atomic mass is 9.97. The Morgan fingerprint density at radius 1 is 1.17 bits per heavy atom. The number of para-hydroxylation sites is 1. The summed E-state index contributed by atoms with van der Waals surface area (Å²) in [6, 6.07) is 10.2. The van der Waals surface area contributed by atoms with Crippen LogP contribution in [0.2, 0.25) is 0 Å². The first kappa shape index (κ1) is 20.5. The van der Waals surface area contributed by atoms with Gasteiger partial charge in [-0.05, 0) is 52.0 Å². The van der Waals surface area contributed by atoms with Crippen molar-refractivity contribution in [2.75, 3.05) is 13.7 Å². The van der Waals surface area contributed by atoms with Crippen molar-refractivity contribution in [2.24, 2.45) is 5.41 Å². The SMILES string of the molecule is CCOc1cccc(/C=C2\Oc3cc(OC)ccc3C2=O)c1OC(=O)C(C)(C)C. The van der Waals surface area contributed by atoms with E-state index < -0.39 is 11.4 Å². The van der Waals surface area contributed by atoms with Gasteiger partial charge in [0.15, 0.2) is 17.3 Å². The van der Waals surface area contributed by atoms with Gasteiger partial charge in [-0.3, -0.25) is 9.59 Å². The van der Waals surface area contributed by atoms with Crippen molar-refractivity contribution in [2.45, 2.75) is 27.7 Å². The molecule has 6 nitrogen and oxygen atoms in total. The number of hydrogen-bond donors (Lipinski definition) is 0. The minimum absolute atomic E-state index is 0.134. The van der Waals surface area contributed by atoms with Crippen LogP contribution in [0.4, 0.5) is 0 Å². The second-order valence-corrected chi connectivity index (χ2v) is 7.55. The summed E-state index contributed by atoms with van der Waals surface area (Å²) in [5, 5.41) is 0. The lowest BCUT2D eigenvalue weighted by molar-refractivity contribution is -0.143. The predicted octanol–water partition coefficient (Wildman–Crippen LogP) is 4.66. The summed E-state index contributed by atoms with van der Waals surface area (Å²) in [6.45, 7) is 7.55. The van der Waals surface area contributed by atoms with Crippen LogP contribution in [0.25, 0.3) is 6.08 Å². The van der Waals surface area contributed by atoms with E-state index >= 15 is 0 Å². The topological polar surface area (TPSA) is 71.1 Å². The second-order valence-electron chi connectivity index (χ2n) is 7.55. The van der Waals surface area contributed by atoms with Crippen molar-refractivity contribution in [3.63, 3.8) is 0 Å². The molecule has 0 bridgehead atoms. The molecule has 0 unspecified atom stereocenters. The summed E-state index contributed by atoms with van der Waals surface area (Å²) in [6.07, 6.45) is 1.56. The molecule has 1 aliphatic rings. The van der Waals surface area contributed by atoms with Gasteiger partial charge in [-0.1, -0.05) is 12.1 Å². The quantitative estimate of drug-likeness (QED) is 0.416. The molecule has 0 N–H and O–H groups in total. The standard InChI is InChI=1S/C23H24O6/c1-6-27-17-9-7-8-14(21(17)29-22(25)23(2,3)4)12-19-20(24)16-11-10-15(26-5)13-18(16)28-19/h7-13H,6H2,1-5H3/b19-12-. The number of Topliss-reactive ketones (excluding diaryl/α,β-unsaturated/α-hetero) is 1. The molecule has 0 fully saturated rings. The second kappa shape index (κ2) is 7.99. The van der Waals surface area contributed by atoms with Gasteiger partial charge in [-0.2, -0.15) is 0 Å². The Morgan fingerprint density at radius 3 is 2.59 bits per heavy atom. The molecule has 29 heavy (non-hydrogen) atoms. The number of methoxy groups -OCH3 is 1. The summed E-state index contributed by atoms with van der Waals surface area (Å²) in [5.41, 5.74) is 0.263. The van der Waals surface area contributed by atoms with Crippen LogP contribution in [0.1, 0.15) is 43.6 Å². The summed E-state index contributed by atoms with van der Waals surface area (Å²) < 4.78 is 22.2. The first-order valence-corrected chi connectivity index (χ1v) is 9.35. The van der Waals surface area contributed by atoms with Crippen molar-refractivity contribution in [3.05, 3.63) is 53.3 Å². The molecule has 0 saturated heterocycles. The van der Waals surface area contributed by atoms with Crippen LogP contribution in [-0.4, -0.2) is 25.5 Å². The molecule has 0 spiro atoms. The Labute approximate surface area is 170 Å². The number of hydrogen-bond acceptors (Lipinski definition) is 6. The van der Waals surface area contributed by atoms with E-state index in [0.29, 0.717) is 35.0 Å². The minimum Gasteiger partial charge on any atom is -0.497 e. The molecule has 6 heteroatoms. The highest BCUT2D eigenvalue weighted by atomic mass is 16.6. The highest BCUT2D eigenvalue weighted by Crippen LogP contribution is 2.38. The van der Waals surface area contributed by atoms with Crippen LogP contribution in [0.3, 0.4) is 0 Å². The van der Waals surface area contributed by atoms with Gasteiger partial charge in [0, 0.05) is 11.6 Å². The first-order valence-electron chi connectivity index (χ1n) is 9.35. The van der Waals surface area contributed by atoms with Gasteiger partial charge in [0.2, 0.25) is 5.78 Å². The van der Waals surface area contributed by atoms with E-state index in [1.54, 1.807) is 70.4 Å². The fourth-order valence-corrected chi connectivity index (χ4v) is 2.71. The van der Waals surface area contributed by atoms with Crippen LogP contribution in [0.15, 0.2) is 42.2 Å². The zero-order valence-corrected chi connectivity index (χ0v) is 17.2. The van der Waals surface area contributed by atoms with Gasteiger partial charge in [0.25, 0.3) is 0 Å². The molecule has 0 atom stereocenters. The van der Waals surface area contributed by atoms with Gasteiger partial charge < -0.3 is 18.9 Å². The third-order valence-electron chi connectivity index (χ3n) is 4.28. The molecule has 1 aliphatic heterocycles. The maximum atomic E-state index is 12.7. The maximum absolute atomic E-state index is 12.7. The summed E-state index contributed by atoms with van der Waals surface area (Å²) in [4.78, 5) is 25.2. The van der Waals surface area contributed by atoms with E-state index in [1.807, 2.05) is 6.92 Å². The first-order chi connectivity index (χ1) is 13.7. The number of esters is 1. The van der Waals surface area contributed by atoms with Gasteiger partial charge in [0.1, 0.15) is 11.5 Å². The van der Waals surface area contributed by atoms with E-state index in [4.69, 9.17) is 18.9 Å². The molecule has 1 heterocycles. The molecule has 0 radical (unpaired) electrons. The molecular formula is C23H24O6. The molecule has 0 amide bonds. The van der Waals surface area contributed by atoms with Gasteiger partial charge in [-0.25, -0.2) is 0 Å². The normalized spacial score (nSPS) is 14.4. The molecular weight excluding hydrogens is 372 g/mol. The van der Waals surface area contributed by atoms with E-state index in [9.17, 15) is 9.59 Å². The lowest BCUT2D eigenvalue weighted by Gasteiger charge is -2.19. The Bertz CT molecular complexity index is 981. The predicted molar refractivity (Wildman–Crippen MR) is 109 cm³/mol. The smallest absolute Gasteiger partial charge is 0.316 e. The lowest BCUT2D eigenvalue weighted by Crippen LogP contribution is -2.26. The van der Waals surface area contributed by atoms with Crippen molar-refractivity contribution in [1.29, 1.82) is 0 Å². The Hall–Kier alpha value is -3.28. The number of benzene rings is 2. The monoisotopic (exact) mass is 396 g/mol. The number of rotatable bonds is 5. The van der Waals surface area contributed by atoms with Crippen LogP contribution in [-0.2, 0) is 4.79 Å². The Kier molecular flexibility index (Phi) is 5.64. The molecule has 0 aromatic heterocycles. The fraction of sp³-hybridized carbons (Fsp3) is 0.304. The molecule has 152 valence electrons. The minimum atomic E-state index is -0.698. The van der Waals surface area contributed by atoms with Crippen LogP contribution >= 0.6 is 0 Å². The van der Waals surface area contributed by atoms with E-state index in [2.05, 4.69) is 0 Å². The Morgan fingerprint density at radius 2 is 1.93 bits per heavy atom. The van der Waals surface area contributed by atoms with Crippen LogP contribution < -0.4 is 18.9 Å². The number of carbonyl (C=O) groups is 2. The summed E-state index contributed by atoms with van der Waals surface area (Å²) in [7, 11) is 1.55. The fourth-order valence-electron chi connectivity index (χ4n) is 2.71. The highest BCUT2D eigenvalue weighted by molar-refractivity contribution is 6.14. The van der Waals surface area contributed by atoms with Crippen molar-refractivity contribution in [1.82, 2.24) is 0 Å². The van der Waals surface area contributed by atoms with Crippen LogP contribution in [0.5, 0.6) is 23.0 Å². The van der Waals surface area contributed by atoms with Crippen molar-refractivity contribution < 1.29 is 28.5 Å². The number of ether oxygens (including phenoxy) is 4. The van der Waals surface area contributed by atoms with Gasteiger partial charge in [0.05, 0.1) is 24.7 Å². The number of carbonyl (C=O) groups excluding carboxylic acids is 2.